The van der Waals surface area contributed by atoms with Gasteiger partial charge in [0.15, 0.2) is 6.10 Å². The number of carbonyl (C=O) groups is 2. The minimum atomic E-state index is -0.850. The van der Waals surface area contributed by atoms with Crippen molar-refractivity contribution in [3.8, 4) is 0 Å². The fourth-order valence-corrected chi connectivity index (χ4v) is 1.69. The second-order valence-corrected chi connectivity index (χ2v) is 3.83. The molecule has 0 N–H and O–H groups in total. The monoisotopic (exact) mass is 213 g/mol. The Morgan fingerprint density at radius 1 is 1.27 bits per heavy atom. The molecule has 0 saturated heterocycles. The number of esters is 2. The van der Waals surface area contributed by atoms with Gasteiger partial charge in [-0.15, -0.1) is 0 Å². The normalized spacial score (nSPS) is 19.3. The summed E-state index contributed by atoms with van der Waals surface area (Å²) in [7, 11) is 0. The van der Waals surface area contributed by atoms with Crippen LogP contribution in [-0.4, -0.2) is 24.1 Å². The Balaban J connectivity index is 2.30. The van der Waals surface area contributed by atoms with E-state index in [9.17, 15) is 9.59 Å². The predicted octanol–water partition coefficient (Wildman–Crippen LogP) is 1.63. The molecule has 1 atom stereocenters. The van der Waals surface area contributed by atoms with Crippen LogP contribution in [0.3, 0.4) is 0 Å². The molecular formula is C11H17O4. The van der Waals surface area contributed by atoms with Gasteiger partial charge in [0.05, 0.1) is 6.92 Å². The highest BCUT2D eigenvalue weighted by Gasteiger charge is 2.23. The van der Waals surface area contributed by atoms with Gasteiger partial charge in [-0.3, -0.25) is 4.79 Å². The predicted molar refractivity (Wildman–Crippen MR) is 53.9 cm³/mol. The molecule has 1 fully saturated rings. The molecule has 1 unspecified atom stereocenters. The highest BCUT2D eigenvalue weighted by molar-refractivity contribution is 5.80. The van der Waals surface area contributed by atoms with E-state index < -0.39 is 18.0 Å². The van der Waals surface area contributed by atoms with Gasteiger partial charge in [-0.25, -0.2) is 4.79 Å². The molecule has 4 heteroatoms. The largest absolute Gasteiger partial charge is 0.460 e. The van der Waals surface area contributed by atoms with Crippen molar-refractivity contribution in [2.45, 2.75) is 51.2 Å². The maximum atomic E-state index is 11.4. The smallest absolute Gasteiger partial charge is 0.347 e. The summed E-state index contributed by atoms with van der Waals surface area (Å²) in [5.74, 6) is -1.18. The molecule has 15 heavy (non-hydrogen) atoms. The van der Waals surface area contributed by atoms with Crippen LogP contribution in [0.15, 0.2) is 0 Å². The molecule has 1 aliphatic carbocycles. The Hall–Kier alpha value is -1.06. The minimum absolute atomic E-state index is 0.00258. The molecule has 0 aromatic rings. The van der Waals surface area contributed by atoms with Crippen LogP contribution in [0.4, 0.5) is 0 Å². The average molecular weight is 213 g/mol. The van der Waals surface area contributed by atoms with Crippen LogP contribution < -0.4 is 0 Å². The third-order valence-electron chi connectivity index (χ3n) is 2.48. The SMILES string of the molecule is [CH2]C(=O)OC(C)C(=O)OC1CCCCC1. The molecule has 0 amide bonds. The standard InChI is InChI=1S/C11H17O4/c1-8(14-9(2)12)11(13)15-10-6-4-3-5-7-10/h8,10H,2-7H2,1H3. The first-order valence-electron chi connectivity index (χ1n) is 5.32. The van der Waals surface area contributed by atoms with E-state index in [1.807, 2.05) is 0 Å². The molecule has 85 valence electrons. The molecule has 4 nitrogen and oxygen atoms in total. The van der Waals surface area contributed by atoms with Crippen molar-refractivity contribution in [2.75, 3.05) is 0 Å². The third kappa shape index (κ3) is 4.32. The van der Waals surface area contributed by atoms with Gasteiger partial charge in [0.25, 0.3) is 0 Å². The Kier molecular flexibility index (Phi) is 4.59. The molecule has 0 aromatic carbocycles. The van der Waals surface area contributed by atoms with Crippen LogP contribution in [0, 0.1) is 6.92 Å². The molecule has 1 aliphatic rings. The lowest BCUT2D eigenvalue weighted by molar-refractivity contribution is -0.169. The maximum Gasteiger partial charge on any atom is 0.347 e. The van der Waals surface area contributed by atoms with Gasteiger partial charge >= 0.3 is 11.9 Å². The van der Waals surface area contributed by atoms with Crippen LogP contribution in [0.1, 0.15) is 39.0 Å². The van der Waals surface area contributed by atoms with Crippen LogP contribution in [0.25, 0.3) is 0 Å². The number of ether oxygens (including phenoxy) is 2. The van der Waals surface area contributed by atoms with Gasteiger partial charge < -0.3 is 9.47 Å². The molecule has 0 spiro atoms. The number of hydrogen-bond donors (Lipinski definition) is 0. The quantitative estimate of drug-likeness (QED) is 0.668. The van der Waals surface area contributed by atoms with E-state index in [0.29, 0.717) is 0 Å². The van der Waals surface area contributed by atoms with Gasteiger partial charge in [-0.1, -0.05) is 6.42 Å². The average Bonchev–Trinajstić information content (AvgIpc) is 2.18. The zero-order valence-electron chi connectivity index (χ0n) is 9.03. The van der Waals surface area contributed by atoms with Crippen molar-refractivity contribution < 1.29 is 19.1 Å². The van der Waals surface area contributed by atoms with Crippen molar-refractivity contribution in [2.24, 2.45) is 0 Å². The summed E-state index contributed by atoms with van der Waals surface area (Å²) >= 11 is 0. The zero-order chi connectivity index (χ0) is 11.3. The first-order chi connectivity index (χ1) is 7.09. The third-order valence-corrected chi connectivity index (χ3v) is 2.48. The summed E-state index contributed by atoms with van der Waals surface area (Å²) in [6.07, 6.45) is 4.38. The molecule has 0 aliphatic heterocycles. The van der Waals surface area contributed by atoms with E-state index in [1.54, 1.807) is 0 Å². The first kappa shape index (κ1) is 12.0. The fourth-order valence-electron chi connectivity index (χ4n) is 1.69. The lowest BCUT2D eigenvalue weighted by atomic mass is 9.98. The van der Waals surface area contributed by atoms with Gasteiger partial charge in [0.1, 0.15) is 6.10 Å². The second-order valence-electron chi connectivity index (χ2n) is 3.83. The van der Waals surface area contributed by atoms with E-state index in [4.69, 9.17) is 4.74 Å². The Morgan fingerprint density at radius 3 is 2.40 bits per heavy atom. The van der Waals surface area contributed by atoms with Gasteiger partial charge in [0, 0.05) is 0 Å². The first-order valence-corrected chi connectivity index (χ1v) is 5.32. The zero-order valence-corrected chi connectivity index (χ0v) is 9.03. The maximum absolute atomic E-state index is 11.4. The topological polar surface area (TPSA) is 52.6 Å². The summed E-state index contributed by atoms with van der Waals surface area (Å²) in [5, 5.41) is 0. The van der Waals surface area contributed by atoms with E-state index >= 15 is 0 Å². The summed E-state index contributed by atoms with van der Waals surface area (Å²) in [5.41, 5.74) is 0. The van der Waals surface area contributed by atoms with E-state index in [1.165, 1.54) is 13.3 Å². The highest BCUT2D eigenvalue weighted by Crippen LogP contribution is 2.20. The molecule has 0 heterocycles. The summed E-state index contributed by atoms with van der Waals surface area (Å²) in [6.45, 7) is 4.53. The van der Waals surface area contributed by atoms with Crippen molar-refractivity contribution in [3.05, 3.63) is 6.92 Å². The van der Waals surface area contributed by atoms with Gasteiger partial charge in [-0.05, 0) is 32.6 Å². The van der Waals surface area contributed by atoms with E-state index in [0.717, 1.165) is 25.7 Å². The number of hydrogen-bond acceptors (Lipinski definition) is 4. The summed E-state index contributed by atoms with van der Waals surface area (Å²) in [4.78, 5) is 21.9. The lowest BCUT2D eigenvalue weighted by Gasteiger charge is -2.23. The fraction of sp³-hybridized carbons (Fsp3) is 0.727. The van der Waals surface area contributed by atoms with Crippen LogP contribution in [0.5, 0.6) is 0 Å². The van der Waals surface area contributed by atoms with Crippen LogP contribution >= 0.6 is 0 Å². The van der Waals surface area contributed by atoms with E-state index in [2.05, 4.69) is 11.7 Å². The Morgan fingerprint density at radius 2 is 1.87 bits per heavy atom. The second kappa shape index (κ2) is 5.73. The number of rotatable bonds is 3. The molecule has 1 radical (unpaired) electrons. The minimum Gasteiger partial charge on any atom is -0.460 e. The molecular weight excluding hydrogens is 196 g/mol. The summed E-state index contributed by atoms with van der Waals surface area (Å²) < 4.78 is 9.84. The van der Waals surface area contributed by atoms with E-state index in [-0.39, 0.29) is 6.10 Å². The van der Waals surface area contributed by atoms with Crippen LogP contribution in [-0.2, 0) is 19.1 Å². The van der Waals surface area contributed by atoms with Crippen molar-refractivity contribution in [1.82, 2.24) is 0 Å². The molecule has 0 bridgehead atoms. The van der Waals surface area contributed by atoms with Gasteiger partial charge in [-0.2, -0.15) is 0 Å². The Labute approximate surface area is 89.9 Å². The lowest BCUT2D eigenvalue weighted by Crippen LogP contribution is -2.30. The highest BCUT2D eigenvalue weighted by atomic mass is 16.6. The van der Waals surface area contributed by atoms with Crippen molar-refractivity contribution >= 4 is 11.9 Å². The Bertz CT molecular complexity index is 231. The molecule has 0 aromatic heterocycles. The van der Waals surface area contributed by atoms with Gasteiger partial charge in [0.2, 0.25) is 0 Å². The van der Waals surface area contributed by atoms with Crippen molar-refractivity contribution in [1.29, 1.82) is 0 Å². The molecule has 1 rings (SSSR count). The van der Waals surface area contributed by atoms with Crippen molar-refractivity contribution in [3.63, 3.8) is 0 Å². The molecule has 1 saturated carbocycles. The van der Waals surface area contributed by atoms with Crippen LogP contribution in [0.2, 0.25) is 0 Å². The number of carbonyl (C=O) groups excluding carboxylic acids is 2. The summed E-state index contributed by atoms with van der Waals surface area (Å²) in [6, 6.07) is 0.